The molecule has 1 fully saturated rings. The van der Waals surface area contributed by atoms with E-state index >= 15 is 0 Å². The number of carboxylic acids is 1. The normalized spacial score (nSPS) is 18.1. The van der Waals surface area contributed by atoms with Gasteiger partial charge in [-0.15, -0.1) is 0 Å². The minimum Gasteiger partial charge on any atom is -0.481 e. The second-order valence-electron chi connectivity index (χ2n) is 8.41. The quantitative estimate of drug-likeness (QED) is 0.507. The van der Waals surface area contributed by atoms with Gasteiger partial charge >= 0.3 is 5.97 Å². The summed E-state index contributed by atoms with van der Waals surface area (Å²) in [7, 11) is 0. The molecule has 0 unspecified atom stereocenters. The Morgan fingerprint density at radius 2 is 1.47 bits per heavy atom. The second-order valence-corrected chi connectivity index (χ2v) is 8.82. The Hall–Kier alpha value is -2.86. The molecule has 0 aliphatic heterocycles. The summed E-state index contributed by atoms with van der Waals surface area (Å²) in [5.41, 5.74) is 3.14. The van der Waals surface area contributed by atoms with Crippen molar-refractivity contribution in [1.29, 1.82) is 0 Å². The number of aryl methyl sites for hydroxylation is 1. The third-order valence-electron chi connectivity index (χ3n) is 6.07. The molecule has 1 aliphatic carbocycles. The highest BCUT2D eigenvalue weighted by Crippen LogP contribution is 2.37. The lowest BCUT2D eigenvalue weighted by atomic mass is 9.77. The van der Waals surface area contributed by atoms with Crippen molar-refractivity contribution in [1.82, 2.24) is 10.6 Å². The first-order chi connectivity index (χ1) is 15.3. The first-order valence-electron chi connectivity index (χ1n) is 11.0. The Bertz CT molecular complexity index is 966. The Labute approximate surface area is 193 Å². The summed E-state index contributed by atoms with van der Waals surface area (Å²) in [5.74, 6) is -0.412. The van der Waals surface area contributed by atoms with Crippen molar-refractivity contribution in [3.63, 3.8) is 0 Å². The van der Waals surface area contributed by atoms with E-state index in [2.05, 4.69) is 10.6 Å². The second kappa shape index (κ2) is 11.1. The van der Waals surface area contributed by atoms with Crippen LogP contribution in [0.4, 0.5) is 0 Å². The zero-order chi connectivity index (χ0) is 23.1. The molecule has 0 saturated heterocycles. The minimum atomic E-state index is -0.719. The number of benzene rings is 2. The summed E-state index contributed by atoms with van der Waals surface area (Å²) < 4.78 is 0. The van der Waals surface area contributed by atoms with Crippen LogP contribution in [0.1, 0.15) is 69.9 Å². The van der Waals surface area contributed by atoms with Crippen molar-refractivity contribution in [2.24, 2.45) is 5.92 Å². The number of carbonyl (C=O) groups excluding carboxylic acids is 2. The topological polar surface area (TPSA) is 95.5 Å². The standard InChI is InChI=1S/C25H29ClN2O4/c1-16-14-21(10-11-22(16)26)25(32)28-13-12-27-24(31)20-8-6-19(7-9-20)18-4-2-17(3-5-18)15-23(29)30/h6-11,14,17-18H,2-5,12-13,15H2,1H3,(H,27,31)(H,28,32)(H,29,30). The van der Waals surface area contributed by atoms with Crippen LogP contribution in [-0.4, -0.2) is 36.0 Å². The maximum absolute atomic E-state index is 12.4. The fourth-order valence-electron chi connectivity index (χ4n) is 4.20. The van der Waals surface area contributed by atoms with Gasteiger partial charge in [0.2, 0.25) is 0 Å². The van der Waals surface area contributed by atoms with Gasteiger partial charge in [0.1, 0.15) is 0 Å². The first kappa shape index (κ1) is 23.8. The maximum atomic E-state index is 12.4. The molecule has 2 aromatic rings. The summed E-state index contributed by atoms with van der Waals surface area (Å²) in [5, 5.41) is 15.2. The van der Waals surface area contributed by atoms with Crippen molar-refractivity contribution >= 4 is 29.4 Å². The molecule has 0 spiro atoms. The van der Waals surface area contributed by atoms with E-state index in [0.717, 1.165) is 31.2 Å². The highest BCUT2D eigenvalue weighted by atomic mass is 35.5. The molecule has 3 N–H and O–H groups in total. The molecule has 32 heavy (non-hydrogen) atoms. The van der Waals surface area contributed by atoms with Gasteiger partial charge in [-0.3, -0.25) is 14.4 Å². The monoisotopic (exact) mass is 456 g/mol. The van der Waals surface area contributed by atoms with Crippen LogP contribution in [0, 0.1) is 12.8 Å². The predicted octanol–water partition coefficient (Wildman–Crippen LogP) is 4.56. The molecular formula is C25H29ClN2O4. The SMILES string of the molecule is Cc1cc(C(=O)NCCNC(=O)c2ccc(C3CCC(CC(=O)O)CC3)cc2)ccc1Cl. The van der Waals surface area contributed by atoms with Crippen LogP contribution in [0.3, 0.4) is 0 Å². The predicted molar refractivity (Wildman–Crippen MR) is 124 cm³/mol. The molecule has 3 rings (SSSR count). The van der Waals surface area contributed by atoms with Crippen molar-refractivity contribution in [3.8, 4) is 0 Å². The van der Waals surface area contributed by atoms with Crippen molar-refractivity contribution in [2.75, 3.05) is 13.1 Å². The number of amides is 2. The van der Waals surface area contributed by atoms with Gasteiger partial charge in [0.15, 0.2) is 0 Å². The number of hydrogen-bond donors (Lipinski definition) is 3. The number of carbonyl (C=O) groups is 3. The molecule has 0 aromatic heterocycles. The summed E-state index contributed by atoms with van der Waals surface area (Å²) in [4.78, 5) is 35.4. The molecule has 170 valence electrons. The fraction of sp³-hybridized carbons (Fsp3) is 0.400. The Balaban J connectivity index is 1.41. The highest BCUT2D eigenvalue weighted by molar-refractivity contribution is 6.31. The Morgan fingerprint density at radius 1 is 0.906 bits per heavy atom. The van der Waals surface area contributed by atoms with E-state index in [1.807, 2.05) is 31.2 Å². The average molecular weight is 457 g/mol. The molecule has 0 heterocycles. The summed E-state index contributed by atoms with van der Waals surface area (Å²) in [6, 6.07) is 12.7. The zero-order valence-corrected chi connectivity index (χ0v) is 19.0. The molecule has 1 saturated carbocycles. The number of hydrogen-bond acceptors (Lipinski definition) is 3. The Morgan fingerprint density at radius 3 is 2.03 bits per heavy atom. The molecule has 0 atom stereocenters. The third kappa shape index (κ3) is 6.57. The first-order valence-corrected chi connectivity index (χ1v) is 11.4. The minimum absolute atomic E-state index is 0.182. The summed E-state index contributed by atoms with van der Waals surface area (Å²) in [6.07, 6.45) is 4.08. The fourth-order valence-corrected chi connectivity index (χ4v) is 4.31. The summed E-state index contributed by atoms with van der Waals surface area (Å²) in [6.45, 7) is 2.49. The summed E-state index contributed by atoms with van der Waals surface area (Å²) >= 11 is 5.98. The molecule has 0 bridgehead atoms. The van der Waals surface area contributed by atoms with E-state index in [4.69, 9.17) is 16.7 Å². The van der Waals surface area contributed by atoms with Crippen LogP contribution in [-0.2, 0) is 4.79 Å². The lowest BCUT2D eigenvalue weighted by molar-refractivity contribution is -0.138. The van der Waals surface area contributed by atoms with Crippen LogP contribution < -0.4 is 10.6 Å². The van der Waals surface area contributed by atoms with Crippen LogP contribution in [0.15, 0.2) is 42.5 Å². The van der Waals surface area contributed by atoms with Crippen molar-refractivity contribution in [3.05, 3.63) is 69.7 Å². The number of carboxylic acid groups (broad SMARTS) is 1. The molecule has 6 nitrogen and oxygen atoms in total. The molecule has 0 radical (unpaired) electrons. The average Bonchev–Trinajstić information content (AvgIpc) is 2.78. The molecule has 2 amide bonds. The molecule has 2 aromatic carbocycles. The maximum Gasteiger partial charge on any atom is 0.303 e. The van der Waals surface area contributed by atoms with Crippen LogP contribution in [0.25, 0.3) is 0 Å². The van der Waals surface area contributed by atoms with Crippen molar-refractivity contribution in [2.45, 2.75) is 44.9 Å². The van der Waals surface area contributed by atoms with Crippen molar-refractivity contribution < 1.29 is 19.5 Å². The number of aliphatic carboxylic acids is 1. The van der Waals surface area contributed by atoms with Gasteiger partial charge in [-0.2, -0.15) is 0 Å². The Kier molecular flexibility index (Phi) is 8.28. The van der Waals surface area contributed by atoms with Gasteiger partial charge in [-0.1, -0.05) is 23.7 Å². The zero-order valence-electron chi connectivity index (χ0n) is 18.2. The molecular weight excluding hydrogens is 428 g/mol. The van der Waals surface area contributed by atoms with Crippen LogP contribution in [0.2, 0.25) is 5.02 Å². The van der Waals surface area contributed by atoms with Crippen LogP contribution in [0.5, 0.6) is 0 Å². The number of nitrogens with one attached hydrogen (secondary N) is 2. The van der Waals surface area contributed by atoms with Gasteiger partial charge in [-0.05, 0) is 85.9 Å². The number of halogens is 1. The van der Waals surface area contributed by atoms with E-state index < -0.39 is 5.97 Å². The van der Waals surface area contributed by atoms with Gasteiger partial charge < -0.3 is 15.7 Å². The van der Waals surface area contributed by atoms with E-state index in [0.29, 0.717) is 35.2 Å². The molecule has 1 aliphatic rings. The highest BCUT2D eigenvalue weighted by Gasteiger charge is 2.24. The molecule has 7 heteroatoms. The number of rotatable bonds is 8. The van der Waals surface area contributed by atoms with Gasteiger partial charge in [0, 0.05) is 35.7 Å². The van der Waals surface area contributed by atoms with E-state index in [-0.39, 0.29) is 24.2 Å². The van der Waals surface area contributed by atoms with E-state index in [9.17, 15) is 14.4 Å². The van der Waals surface area contributed by atoms with E-state index in [1.54, 1.807) is 18.2 Å². The third-order valence-corrected chi connectivity index (χ3v) is 6.49. The van der Waals surface area contributed by atoms with Crippen LogP contribution >= 0.6 is 11.6 Å². The van der Waals surface area contributed by atoms with Gasteiger partial charge in [-0.25, -0.2) is 0 Å². The smallest absolute Gasteiger partial charge is 0.303 e. The lowest BCUT2D eigenvalue weighted by Crippen LogP contribution is -2.34. The van der Waals surface area contributed by atoms with Gasteiger partial charge in [0.25, 0.3) is 11.8 Å². The largest absolute Gasteiger partial charge is 0.481 e. The van der Waals surface area contributed by atoms with E-state index in [1.165, 1.54) is 5.56 Å². The lowest BCUT2D eigenvalue weighted by Gasteiger charge is -2.28. The van der Waals surface area contributed by atoms with Gasteiger partial charge in [0.05, 0.1) is 0 Å².